The average Bonchev–Trinajstić information content (AvgIpc) is 2.50. The number of ketones is 1. The molecule has 1 atom stereocenters. The van der Waals surface area contributed by atoms with Crippen LogP contribution in [-0.2, 0) is 9.53 Å². The van der Waals surface area contributed by atoms with E-state index in [1.165, 1.54) is 51.4 Å². The number of unbranched alkanes of at least 4 members (excludes halogenated alkanes) is 9. The second kappa shape index (κ2) is 14.6. The highest BCUT2D eigenvalue weighted by atomic mass is 16.6. The molecule has 4 nitrogen and oxygen atoms in total. The van der Waals surface area contributed by atoms with E-state index < -0.39 is 11.7 Å². The molecule has 0 saturated carbocycles. The van der Waals surface area contributed by atoms with Crippen molar-refractivity contribution in [3.63, 3.8) is 0 Å². The fourth-order valence-electron chi connectivity index (χ4n) is 2.57. The third-order valence-electron chi connectivity index (χ3n) is 3.89. The summed E-state index contributed by atoms with van der Waals surface area (Å²) in [6.45, 7) is 9.44. The fourth-order valence-corrected chi connectivity index (χ4v) is 2.57. The van der Waals surface area contributed by atoms with Crippen LogP contribution >= 0.6 is 0 Å². The van der Waals surface area contributed by atoms with Gasteiger partial charge in [-0.1, -0.05) is 64.2 Å². The van der Waals surface area contributed by atoms with Gasteiger partial charge in [0.25, 0.3) is 0 Å². The molecular weight excluding hydrogens is 326 g/mol. The van der Waals surface area contributed by atoms with Gasteiger partial charge >= 0.3 is 6.09 Å². The highest BCUT2D eigenvalue weighted by molar-refractivity contribution is 5.96. The van der Waals surface area contributed by atoms with E-state index in [0.717, 1.165) is 12.8 Å². The zero-order valence-corrected chi connectivity index (χ0v) is 17.6. The van der Waals surface area contributed by atoms with Gasteiger partial charge in [0.1, 0.15) is 5.60 Å². The van der Waals surface area contributed by atoms with Crippen LogP contribution in [0.5, 0.6) is 0 Å². The first-order valence-electron chi connectivity index (χ1n) is 10.3. The van der Waals surface area contributed by atoms with Crippen LogP contribution in [0, 0.1) is 11.8 Å². The number of ether oxygens (including phenoxy) is 1. The van der Waals surface area contributed by atoms with Crippen LogP contribution in [0.2, 0.25) is 0 Å². The standard InChI is InChI=1S/C22H39NO3/c1-6-7-8-9-10-11-12-13-14-15-16-17-20(24)18-19(2)23-21(25)26-22(3,4)5/h19H,6-15,18H2,1-5H3,(H,23,25)/t19-/m1/s1. The molecule has 0 radical (unpaired) electrons. The molecule has 0 unspecified atom stereocenters. The number of hydrogen-bond donors (Lipinski definition) is 1. The molecule has 1 N–H and O–H groups in total. The molecule has 0 bridgehead atoms. The van der Waals surface area contributed by atoms with Crippen molar-refractivity contribution in [2.24, 2.45) is 0 Å². The lowest BCUT2D eigenvalue weighted by atomic mass is 10.1. The lowest BCUT2D eigenvalue weighted by molar-refractivity contribution is -0.114. The van der Waals surface area contributed by atoms with Crippen LogP contribution in [0.3, 0.4) is 0 Å². The highest BCUT2D eigenvalue weighted by Crippen LogP contribution is 2.10. The van der Waals surface area contributed by atoms with Gasteiger partial charge in [0.2, 0.25) is 5.78 Å². The average molecular weight is 366 g/mol. The van der Waals surface area contributed by atoms with E-state index in [1.54, 1.807) is 27.7 Å². The summed E-state index contributed by atoms with van der Waals surface area (Å²) in [6, 6.07) is -0.278. The monoisotopic (exact) mass is 365 g/mol. The number of Topliss-reactive ketones (excluding diaryl/α,β-unsaturated/α-hetero) is 1. The normalized spacial score (nSPS) is 12.0. The van der Waals surface area contributed by atoms with Gasteiger partial charge in [-0.15, -0.1) is 0 Å². The molecule has 0 spiro atoms. The van der Waals surface area contributed by atoms with Gasteiger partial charge in [-0.3, -0.25) is 4.79 Å². The molecular formula is C22H39NO3. The van der Waals surface area contributed by atoms with E-state index in [9.17, 15) is 9.59 Å². The van der Waals surface area contributed by atoms with Crippen LogP contribution in [0.15, 0.2) is 0 Å². The summed E-state index contributed by atoms with van der Waals surface area (Å²) >= 11 is 0. The van der Waals surface area contributed by atoms with Gasteiger partial charge in [-0.2, -0.15) is 0 Å². The molecule has 0 aliphatic rings. The second-order valence-electron chi connectivity index (χ2n) is 8.05. The largest absolute Gasteiger partial charge is 0.444 e. The molecule has 0 saturated heterocycles. The minimum Gasteiger partial charge on any atom is -0.444 e. The number of amides is 1. The predicted octanol–water partition coefficient (Wildman–Crippen LogP) is 5.78. The molecule has 0 fully saturated rings. The highest BCUT2D eigenvalue weighted by Gasteiger charge is 2.18. The zero-order chi connectivity index (χ0) is 19.8. The summed E-state index contributed by atoms with van der Waals surface area (Å²) in [4.78, 5) is 23.4. The van der Waals surface area contributed by atoms with Gasteiger partial charge in [-0.25, -0.2) is 4.79 Å². The Morgan fingerprint density at radius 1 is 0.962 bits per heavy atom. The molecule has 0 aromatic rings. The number of hydrogen-bond acceptors (Lipinski definition) is 3. The third kappa shape index (κ3) is 17.3. The molecule has 0 heterocycles. The SMILES string of the molecule is CCCCCCCCCCCC#CC(=O)C[C@@H](C)NC(=O)OC(C)(C)C. The molecule has 0 rings (SSSR count). The fraction of sp³-hybridized carbons (Fsp3) is 0.818. The lowest BCUT2D eigenvalue weighted by Crippen LogP contribution is -2.38. The Balaban J connectivity index is 3.71. The van der Waals surface area contributed by atoms with E-state index in [2.05, 4.69) is 24.1 Å². The van der Waals surface area contributed by atoms with Crippen molar-refractivity contribution in [2.45, 2.75) is 117 Å². The van der Waals surface area contributed by atoms with Gasteiger partial charge < -0.3 is 10.1 Å². The number of nitrogens with one attached hydrogen (secondary N) is 1. The Morgan fingerprint density at radius 2 is 1.50 bits per heavy atom. The first kappa shape index (κ1) is 24.5. The lowest BCUT2D eigenvalue weighted by Gasteiger charge is -2.21. The summed E-state index contributed by atoms with van der Waals surface area (Å²) in [7, 11) is 0. The molecule has 0 aromatic heterocycles. The van der Waals surface area contributed by atoms with Gasteiger partial charge in [0.15, 0.2) is 0 Å². The summed E-state index contributed by atoms with van der Waals surface area (Å²) in [5, 5.41) is 2.66. The Hall–Kier alpha value is -1.50. The third-order valence-corrected chi connectivity index (χ3v) is 3.89. The quantitative estimate of drug-likeness (QED) is 0.271. The number of alkyl carbamates (subject to hydrolysis) is 1. The van der Waals surface area contributed by atoms with Gasteiger partial charge in [0.05, 0.1) is 0 Å². The van der Waals surface area contributed by atoms with E-state index in [1.807, 2.05) is 0 Å². The van der Waals surface area contributed by atoms with Crippen LogP contribution < -0.4 is 5.32 Å². The van der Waals surface area contributed by atoms with Crippen molar-refractivity contribution >= 4 is 11.9 Å². The van der Waals surface area contributed by atoms with Crippen LogP contribution in [-0.4, -0.2) is 23.5 Å². The summed E-state index contributed by atoms with van der Waals surface area (Å²) in [6.07, 6.45) is 12.0. The summed E-state index contributed by atoms with van der Waals surface area (Å²) in [5.74, 6) is 5.50. The number of rotatable bonds is 12. The topological polar surface area (TPSA) is 55.4 Å². The van der Waals surface area contributed by atoms with Crippen molar-refractivity contribution in [1.82, 2.24) is 5.32 Å². The number of carbonyl (C=O) groups is 2. The maximum Gasteiger partial charge on any atom is 0.407 e. The first-order valence-corrected chi connectivity index (χ1v) is 10.3. The van der Waals surface area contributed by atoms with Gasteiger partial charge in [0, 0.05) is 18.9 Å². The van der Waals surface area contributed by atoms with Crippen LogP contribution in [0.1, 0.15) is 105 Å². The minimum absolute atomic E-state index is 0.135. The zero-order valence-electron chi connectivity index (χ0n) is 17.6. The van der Waals surface area contributed by atoms with Crippen molar-refractivity contribution in [3.8, 4) is 11.8 Å². The molecule has 0 aliphatic heterocycles. The molecule has 4 heteroatoms. The van der Waals surface area contributed by atoms with Crippen molar-refractivity contribution in [2.75, 3.05) is 0 Å². The number of carbonyl (C=O) groups excluding carboxylic acids is 2. The Morgan fingerprint density at radius 3 is 2.04 bits per heavy atom. The summed E-state index contributed by atoms with van der Waals surface area (Å²) in [5.41, 5.74) is -0.539. The summed E-state index contributed by atoms with van der Waals surface area (Å²) < 4.78 is 5.17. The Kier molecular flexibility index (Phi) is 13.8. The van der Waals surface area contributed by atoms with Gasteiger partial charge in [-0.05, 0) is 40.0 Å². The minimum atomic E-state index is -0.539. The van der Waals surface area contributed by atoms with E-state index in [-0.39, 0.29) is 18.2 Å². The van der Waals surface area contributed by atoms with E-state index >= 15 is 0 Å². The second-order valence-corrected chi connectivity index (χ2v) is 8.05. The smallest absolute Gasteiger partial charge is 0.407 e. The maximum atomic E-state index is 11.8. The van der Waals surface area contributed by atoms with Crippen LogP contribution in [0.25, 0.3) is 0 Å². The van der Waals surface area contributed by atoms with E-state index in [4.69, 9.17) is 4.74 Å². The van der Waals surface area contributed by atoms with Crippen molar-refractivity contribution in [1.29, 1.82) is 0 Å². The predicted molar refractivity (Wildman–Crippen MR) is 108 cm³/mol. The Labute approximate surface area is 160 Å². The molecule has 0 aliphatic carbocycles. The molecule has 26 heavy (non-hydrogen) atoms. The van der Waals surface area contributed by atoms with Crippen molar-refractivity contribution < 1.29 is 14.3 Å². The Bertz CT molecular complexity index is 454. The van der Waals surface area contributed by atoms with E-state index in [0.29, 0.717) is 0 Å². The van der Waals surface area contributed by atoms with Crippen LogP contribution in [0.4, 0.5) is 4.79 Å². The maximum absolute atomic E-state index is 11.8. The molecule has 0 aromatic carbocycles. The molecule has 150 valence electrons. The molecule has 1 amide bonds. The van der Waals surface area contributed by atoms with Crippen molar-refractivity contribution in [3.05, 3.63) is 0 Å². The first-order chi connectivity index (χ1) is 12.2.